The van der Waals surface area contributed by atoms with Crippen LogP contribution in [0.1, 0.15) is 57.1 Å². The van der Waals surface area contributed by atoms with E-state index in [1.165, 1.54) is 11.8 Å². The van der Waals surface area contributed by atoms with E-state index in [4.69, 9.17) is 21.9 Å². The molecule has 2 aromatic rings. The molecule has 8 heteroatoms. The van der Waals surface area contributed by atoms with Crippen molar-refractivity contribution in [2.75, 3.05) is 31.1 Å². The normalized spacial score (nSPS) is 18.2. The maximum Gasteiger partial charge on any atom is 0.309 e. The second-order valence-corrected chi connectivity index (χ2v) is 10.8. The third-order valence-electron chi connectivity index (χ3n) is 6.54. The first-order chi connectivity index (χ1) is 16.9. The van der Waals surface area contributed by atoms with Gasteiger partial charge in [0, 0.05) is 30.6 Å². The number of rotatable bonds is 8. The number of aryl methyl sites for hydroxylation is 1. The van der Waals surface area contributed by atoms with E-state index in [-0.39, 0.29) is 17.8 Å². The van der Waals surface area contributed by atoms with Crippen LogP contribution in [0.4, 0.5) is 5.82 Å². The molecule has 0 saturated carbocycles. The van der Waals surface area contributed by atoms with Gasteiger partial charge in [-0.3, -0.25) is 14.5 Å². The van der Waals surface area contributed by atoms with Gasteiger partial charge in [0.2, 0.25) is 0 Å². The van der Waals surface area contributed by atoms with Gasteiger partial charge in [-0.05, 0) is 57.4 Å². The summed E-state index contributed by atoms with van der Waals surface area (Å²) in [5.41, 5.74) is 2.99. The van der Waals surface area contributed by atoms with Crippen molar-refractivity contribution < 1.29 is 14.3 Å². The Labute approximate surface area is 217 Å². The number of aromatic nitrogens is 1. The largest absolute Gasteiger partial charge is 0.466 e. The topological polar surface area (TPSA) is 62.7 Å². The van der Waals surface area contributed by atoms with Gasteiger partial charge in [-0.25, -0.2) is 4.98 Å². The standard InChI is InChI=1S/C27H33N3O3S2/c1-4-6-7-12-30-25(31)23(35-27(30)34)17-21-16-20-15-18(3)8-9-22(20)28-24(21)29-13-10-19(11-14-29)26(32)33-5-2/h8-9,15-17,19H,4-7,10-14H2,1-3H3/b23-17-. The number of hydrogen-bond donors (Lipinski definition) is 0. The van der Waals surface area contributed by atoms with Crippen molar-refractivity contribution in [1.29, 1.82) is 0 Å². The van der Waals surface area contributed by atoms with Gasteiger partial charge in [0.05, 0.1) is 22.9 Å². The molecule has 0 atom stereocenters. The second kappa shape index (κ2) is 11.5. The lowest BCUT2D eigenvalue weighted by molar-refractivity contribution is -0.148. The molecule has 3 heterocycles. The van der Waals surface area contributed by atoms with Crippen molar-refractivity contribution in [2.24, 2.45) is 5.92 Å². The summed E-state index contributed by atoms with van der Waals surface area (Å²) in [6.07, 6.45) is 6.53. The highest BCUT2D eigenvalue weighted by Crippen LogP contribution is 2.36. The number of carbonyl (C=O) groups excluding carboxylic acids is 2. The zero-order valence-corrected chi connectivity index (χ0v) is 22.3. The predicted octanol–water partition coefficient (Wildman–Crippen LogP) is 5.71. The van der Waals surface area contributed by atoms with E-state index in [1.54, 1.807) is 4.90 Å². The average molecular weight is 512 g/mol. The Balaban J connectivity index is 1.64. The number of thiocarbonyl (C=S) groups is 1. The molecule has 2 saturated heterocycles. The fourth-order valence-corrected chi connectivity index (χ4v) is 5.90. The Hall–Kier alpha value is -2.45. The van der Waals surface area contributed by atoms with E-state index < -0.39 is 0 Å². The predicted molar refractivity (Wildman–Crippen MR) is 147 cm³/mol. The van der Waals surface area contributed by atoms with Gasteiger partial charge in [-0.2, -0.15) is 0 Å². The zero-order chi connectivity index (χ0) is 24.9. The average Bonchev–Trinajstić information content (AvgIpc) is 3.11. The monoisotopic (exact) mass is 511 g/mol. The molecule has 0 unspecified atom stereocenters. The van der Waals surface area contributed by atoms with Crippen LogP contribution in [0.25, 0.3) is 17.0 Å². The Bertz CT molecular complexity index is 1160. The van der Waals surface area contributed by atoms with Gasteiger partial charge < -0.3 is 9.64 Å². The SMILES string of the molecule is CCCCCN1C(=O)/C(=C/c2cc3cc(C)ccc3nc2N2CCC(C(=O)OCC)CC2)SC1=S. The van der Waals surface area contributed by atoms with Crippen molar-refractivity contribution in [3.63, 3.8) is 0 Å². The molecule has 186 valence electrons. The molecule has 0 radical (unpaired) electrons. The molecule has 0 aliphatic carbocycles. The number of esters is 1. The summed E-state index contributed by atoms with van der Waals surface area (Å²) < 4.78 is 5.85. The second-order valence-electron chi connectivity index (χ2n) is 9.15. The van der Waals surface area contributed by atoms with Gasteiger partial charge in [-0.15, -0.1) is 0 Å². The third-order valence-corrected chi connectivity index (χ3v) is 7.92. The van der Waals surface area contributed by atoms with Crippen molar-refractivity contribution in [1.82, 2.24) is 9.88 Å². The number of anilines is 1. The fourth-order valence-electron chi connectivity index (χ4n) is 4.60. The first-order valence-corrected chi connectivity index (χ1v) is 13.7. The van der Waals surface area contributed by atoms with Crippen molar-refractivity contribution >= 4 is 63.0 Å². The number of benzene rings is 1. The minimum absolute atomic E-state index is 0.0209. The number of pyridine rings is 1. The van der Waals surface area contributed by atoms with Crippen LogP contribution < -0.4 is 4.90 Å². The number of hydrogen-bond acceptors (Lipinski definition) is 7. The highest BCUT2D eigenvalue weighted by molar-refractivity contribution is 8.26. The van der Waals surface area contributed by atoms with Gasteiger partial charge in [0.1, 0.15) is 10.1 Å². The molecule has 0 bridgehead atoms. The van der Waals surface area contributed by atoms with Gasteiger partial charge in [0.15, 0.2) is 0 Å². The fraction of sp³-hybridized carbons (Fsp3) is 0.481. The summed E-state index contributed by atoms with van der Waals surface area (Å²) in [6, 6.07) is 8.34. The van der Waals surface area contributed by atoms with E-state index in [9.17, 15) is 9.59 Å². The first-order valence-electron chi connectivity index (χ1n) is 12.5. The molecule has 4 rings (SSSR count). The van der Waals surface area contributed by atoms with Crippen molar-refractivity contribution in [3.05, 3.63) is 40.3 Å². The Morgan fingerprint density at radius 1 is 1.23 bits per heavy atom. The van der Waals surface area contributed by atoms with Crippen LogP contribution in [0.3, 0.4) is 0 Å². The molecule has 6 nitrogen and oxygen atoms in total. The lowest BCUT2D eigenvalue weighted by Crippen LogP contribution is -2.37. The smallest absolute Gasteiger partial charge is 0.309 e. The lowest BCUT2D eigenvalue weighted by Gasteiger charge is -2.32. The van der Waals surface area contributed by atoms with E-state index in [1.807, 2.05) is 19.1 Å². The molecular weight excluding hydrogens is 478 g/mol. The summed E-state index contributed by atoms with van der Waals surface area (Å²) >= 11 is 6.90. The lowest BCUT2D eigenvalue weighted by atomic mass is 9.96. The number of amides is 1. The minimum atomic E-state index is -0.110. The number of nitrogens with zero attached hydrogens (tertiary/aromatic N) is 3. The summed E-state index contributed by atoms with van der Waals surface area (Å²) in [4.78, 5) is 35.0. The Morgan fingerprint density at radius 2 is 2.00 bits per heavy atom. The van der Waals surface area contributed by atoms with Crippen LogP contribution in [0.15, 0.2) is 29.2 Å². The first kappa shape index (κ1) is 25.6. The van der Waals surface area contributed by atoms with Crippen LogP contribution in [-0.2, 0) is 14.3 Å². The van der Waals surface area contributed by atoms with E-state index >= 15 is 0 Å². The number of unbranched alkanes of at least 4 members (excludes halogenated alkanes) is 2. The van der Waals surface area contributed by atoms with E-state index in [2.05, 4.69) is 36.9 Å². The zero-order valence-electron chi connectivity index (χ0n) is 20.7. The molecule has 35 heavy (non-hydrogen) atoms. The summed E-state index contributed by atoms with van der Waals surface area (Å²) in [6.45, 7) is 8.56. The number of carbonyl (C=O) groups is 2. The molecule has 1 aromatic carbocycles. The maximum atomic E-state index is 13.2. The molecule has 1 aromatic heterocycles. The number of thioether (sulfide) groups is 1. The van der Waals surface area contributed by atoms with Crippen molar-refractivity contribution in [3.8, 4) is 0 Å². The van der Waals surface area contributed by atoms with Gasteiger partial charge in [-0.1, -0.05) is 55.4 Å². The Morgan fingerprint density at radius 3 is 2.71 bits per heavy atom. The molecule has 0 N–H and O–H groups in total. The molecule has 2 fully saturated rings. The highest BCUT2D eigenvalue weighted by Gasteiger charge is 2.32. The maximum absolute atomic E-state index is 13.2. The third kappa shape index (κ3) is 5.86. The van der Waals surface area contributed by atoms with E-state index in [0.717, 1.165) is 60.0 Å². The molecule has 0 spiro atoms. The van der Waals surface area contributed by atoms with Crippen LogP contribution in [0.5, 0.6) is 0 Å². The Kier molecular flexibility index (Phi) is 8.44. The quantitative estimate of drug-likeness (QED) is 0.195. The van der Waals surface area contributed by atoms with Gasteiger partial charge >= 0.3 is 5.97 Å². The van der Waals surface area contributed by atoms with Gasteiger partial charge in [0.25, 0.3) is 5.91 Å². The van der Waals surface area contributed by atoms with Crippen molar-refractivity contribution in [2.45, 2.75) is 52.9 Å². The summed E-state index contributed by atoms with van der Waals surface area (Å²) in [7, 11) is 0. The molecule has 2 aliphatic rings. The molecule has 2 aliphatic heterocycles. The number of piperidine rings is 1. The molecular formula is C27H33N3O3S2. The van der Waals surface area contributed by atoms with Crippen LogP contribution in [0.2, 0.25) is 0 Å². The molecule has 1 amide bonds. The number of ether oxygens (including phenoxy) is 1. The van der Waals surface area contributed by atoms with E-state index in [0.29, 0.717) is 35.5 Å². The minimum Gasteiger partial charge on any atom is -0.466 e. The van der Waals surface area contributed by atoms with Crippen LogP contribution in [0, 0.1) is 12.8 Å². The number of fused-ring (bicyclic) bond motifs is 1. The highest BCUT2D eigenvalue weighted by atomic mass is 32.2. The summed E-state index contributed by atoms with van der Waals surface area (Å²) in [5, 5.41) is 1.04. The summed E-state index contributed by atoms with van der Waals surface area (Å²) in [5.74, 6) is 0.644. The van der Waals surface area contributed by atoms with Crippen LogP contribution in [-0.4, -0.2) is 52.3 Å². The van der Waals surface area contributed by atoms with Crippen LogP contribution >= 0.6 is 24.0 Å².